The summed E-state index contributed by atoms with van der Waals surface area (Å²) in [4.78, 5) is 20.6. The molecule has 4 rings (SSSR count). The monoisotopic (exact) mass is 388 g/mol. The van der Waals surface area contributed by atoms with Crippen LogP contribution in [0.1, 0.15) is 23.9 Å². The first kappa shape index (κ1) is 16.9. The van der Waals surface area contributed by atoms with Gasteiger partial charge in [-0.15, -0.1) is 23.1 Å². The number of hydrogen-bond donors (Lipinski definition) is 0. The van der Waals surface area contributed by atoms with Crippen LogP contribution in [0.4, 0.5) is 0 Å². The quantitative estimate of drug-likeness (QED) is 0.560. The van der Waals surface area contributed by atoms with Gasteiger partial charge in [-0.3, -0.25) is 4.79 Å². The Balaban J connectivity index is 1.46. The van der Waals surface area contributed by atoms with Crippen molar-refractivity contribution < 1.29 is 4.79 Å². The van der Waals surface area contributed by atoms with Gasteiger partial charge in [0.15, 0.2) is 0 Å². The minimum Gasteiger partial charge on any atom is -0.332 e. The van der Waals surface area contributed by atoms with E-state index in [1.807, 2.05) is 47.4 Å². The lowest BCUT2D eigenvalue weighted by Crippen LogP contribution is -2.31. The van der Waals surface area contributed by atoms with Crippen molar-refractivity contribution in [3.63, 3.8) is 0 Å². The molecule has 1 atom stereocenters. The zero-order valence-corrected chi connectivity index (χ0v) is 15.9. The topological polar surface area (TPSA) is 33.2 Å². The molecule has 0 spiro atoms. The van der Waals surface area contributed by atoms with Crippen molar-refractivity contribution in [1.82, 2.24) is 9.88 Å². The lowest BCUT2D eigenvalue weighted by atomic mass is 10.2. The maximum atomic E-state index is 12.7. The highest BCUT2D eigenvalue weighted by Gasteiger charge is 2.32. The summed E-state index contributed by atoms with van der Waals surface area (Å²) in [6, 6.07) is 15.9. The summed E-state index contributed by atoms with van der Waals surface area (Å²) in [6.07, 6.45) is 2.04. The highest BCUT2D eigenvalue weighted by molar-refractivity contribution is 8.00. The van der Waals surface area contributed by atoms with Crippen LogP contribution in [0.3, 0.4) is 0 Å². The molecule has 2 heterocycles. The van der Waals surface area contributed by atoms with E-state index in [1.54, 1.807) is 23.1 Å². The molecule has 6 heteroatoms. The fraction of sp³-hybridized carbons (Fsp3) is 0.263. The SMILES string of the molecule is O=C(CSc1ccc(Cl)cc1)N1CCCC1c1nc2ccccc2s1. The Kier molecular flexibility index (Phi) is 4.97. The van der Waals surface area contributed by atoms with Gasteiger partial charge in [0.1, 0.15) is 5.01 Å². The van der Waals surface area contributed by atoms with Crippen molar-refractivity contribution in [2.45, 2.75) is 23.8 Å². The van der Waals surface area contributed by atoms with Crippen LogP contribution in [0, 0.1) is 0 Å². The van der Waals surface area contributed by atoms with Crippen LogP contribution in [-0.2, 0) is 4.79 Å². The number of para-hydroxylation sites is 1. The molecule has 0 N–H and O–H groups in total. The molecule has 0 aliphatic carbocycles. The van der Waals surface area contributed by atoms with E-state index >= 15 is 0 Å². The van der Waals surface area contributed by atoms with Crippen molar-refractivity contribution in [3.8, 4) is 0 Å². The second-order valence-corrected chi connectivity index (χ2v) is 8.55. The summed E-state index contributed by atoms with van der Waals surface area (Å²) in [7, 11) is 0. The van der Waals surface area contributed by atoms with Gasteiger partial charge < -0.3 is 4.90 Å². The molecule has 3 nitrogen and oxygen atoms in total. The van der Waals surface area contributed by atoms with Crippen molar-refractivity contribution in [2.24, 2.45) is 0 Å². The van der Waals surface area contributed by atoms with Crippen LogP contribution in [0.5, 0.6) is 0 Å². The Morgan fingerprint density at radius 1 is 1.24 bits per heavy atom. The molecule has 1 unspecified atom stereocenters. The van der Waals surface area contributed by atoms with Crippen LogP contribution in [0.2, 0.25) is 5.02 Å². The van der Waals surface area contributed by atoms with E-state index in [1.165, 1.54) is 4.70 Å². The van der Waals surface area contributed by atoms with Crippen molar-refractivity contribution >= 4 is 50.8 Å². The van der Waals surface area contributed by atoms with Crippen molar-refractivity contribution in [2.75, 3.05) is 12.3 Å². The molecular formula is C19H17ClN2OS2. The first-order valence-electron chi connectivity index (χ1n) is 8.24. The number of thiazole rings is 1. The van der Waals surface area contributed by atoms with Crippen LogP contribution in [-0.4, -0.2) is 28.1 Å². The third-order valence-corrected chi connectivity index (χ3v) is 6.73. The number of fused-ring (bicyclic) bond motifs is 1. The fourth-order valence-corrected chi connectivity index (χ4v) is 5.14. The van der Waals surface area contributed by atoms with Crippen LogP contribution in [0.25, 0.3) is 10.2 Å². The van der Waals surface area contributed by atoms with Crippen molar-refractivity contribution in [3.05, 3.63) is 58.6 Å². The molecule has 0 bridgehead atoms. The van der Waals surface area contributed by atoms with E-state index in [4.69, 9.17) is 16.6 Å². The van der Waals surface area contributed by atoms with Gasteiger partial charge in [-0.05, 0) is 49.2 Å². The molecule has 1 amide bonds. The predicted octanol–water partition coefficient (Wildman–Crippen LogP) is 5.41. The molecule has 1 aliphatic heterocycles. The lowest BCUT2D eigenvalue weighted by Gasteiger charge is -2.23. The molecule has 128 valence electrons. The van der Waals surface area contributed by atoms with Gasteiger partial charge in [0.25, 0.3) is 0 Å². The molecule has 0 saturated carbocycles. The van der Waals surface area contributed by atoms with E-state index < -0.39 is 0 Å². The Labute approximate surface area is 160 Å². The summed E-state index contributed by atoms with van der Waals surface area (Å²) < 4.78 is 1.19. The number of halogens is 1. The molecule has 25 heavy (non-hydrogen) atoms. The fourth-order valence-electron chi connectivity index (χ4n) is 3.11. The van der Waals surface area contributed by atoms with E-state index in [9.17, 15) is 4.79 Å². The summed E-state index contributed by atoms with van der Waals surface area (Å²) in [5.41, 5.74) is 1.03. The average molecular weight is 389 g/mol. The van der Waals surface area contributed by atoms with Gasteiger partial charge in [-0.1, -0.05) is 23.7 Å². The molecule has 1 aromatic heterocycles. The smallest absolute Gasteiger partial charge is 0.233 e. The number of aromatic nitrogens is 1. The zero-order chi connectivity index (χ0) is 17.2. The van der Waals surface area contributed by atoms with E-state index in [0.29, 0.717) is 10.8 Å². The number of carbonyl (C=O) groups excluding carboxylic acids is 1. The van der Waals surface area contributed by atoms with E-state index in [0.717, 1.165) is 34.8 Å². The zero-order valence-electron chi connectivity index (χ0n) is 13.5. The minimum absolute atomic E-state index is 0.121. The maximum absolute atomic E-state index is 12.7. The van der Waals surface area contributed by atoms with Gasteiger partial charge in [0, 0.05) is 16.5 Å². The number of likely N-dealkylation sites (tertiary alicyclic amines) is 1. The van der Waals surface area contributed by atoms with Gasteiger partial charge in [0.05, 0.1) is 22.0 Å². The Bertz CT molecular complexity index is 861. The molecule has 2 aromatic carbocycles. The van der Waals surface area contributed by atoms with Crippen molar-refractivity contribution in [1.29, 1.82) is 0 Å². The molecule has 1 fully saturated rings. The standard InChI is InChI=1S/C19H17ClN2OS2/c20-13-7-9-14(10-8-13)24-12-18(23)22-11-3-5-16(22)19-21-15-4-1-2-6-17(15)25-19/h1-2,4,6-10,16H,3,5,11-12H2. The van der Waals surface area contributed by atoms with E-state index in [2.05, 4.69) is 6.07 Å². The molecule has 3 aromatic rings. The second-order valence-electron chi connectivity index (χ2n) is 6.01. The average Bonchev–Trinajstić information content (AvgIpc) is 3.27. The lowest BCUT2D eigenvalue weighted by molar-refractivity contribution is -0.129. The highest BCUT2D eigenvalue weighted by atomic mass is 35.5. The predicted molar refractivity (Wildman–Crippen MR) is 105 cm³/mol. The largest absolute Gasteiger partial charge is 0.332 e. The number of hydrogen-bond acceptors (Lipinski definition) is 4. The summed E-state index contributed by atoms with van der Waals surface area (Å²) >= 11 is 9.17. The first-order chi connectivity index (χ1) is 12.2. The van der Waals surface area contributed by atoms with Crippen LogP contribution >= 0.6 is 34.7 Å². The first-order valence-corrected chi connectivity index (χ1v) is 10.4. The summed E-state index contributed by atoms with van der Waals surface area (Å²) in [5.74, 6) is 0.630. The Morgan fingerprint density at radius 3 is 2.84 bits per heavy atom. The van der Waals surface area contributed by atoms with Gasteiger partial charge in [-0.25, -0.2) is 4.98 Å². The summed E-state index contributed by atoms with van der Waals surface area (Å²) in [5, 5.41) is 1.77. The Morgan fingerprint density at radius 2 is 2.04 bits per heavy atom. The normalized spacial score (nSPS) is 17.3. The third kappa shape index (κ3) is 3.68. The molecule has 1 saturated heterocycles. The number of benzene rings is 2. The molecular weight excluding hydrogens is 372 g/mol. The highest BCUT2D eigenvalue weighted by Crippen LogP contribution is 2.37. The summed E-state index contributed by atoms with van der Waals surface area (Å²) in [6.45, 7) is 0.820. The van der Waals surface area contributed by atoms with Gasteiger partial charge in [-0.2, -0.15) is 0 Å². The van der Waals surface area contributed by atoms with Gasteiger partial charge in [0.2, 0.25) is 5.91 Å². The number of amides is 1. The molecule has 0 radical (unpaired) electrons. The second kappa shape index (κ2) is 7.36. The number of thioether (sulfide) groups is 1. The minimum atomic E-state index is 0.121. The number of carbonyl (C=O) groups is 1. The molecule has 1 aliphatic rings. The Hall–Kier alpha value is -1.56. The van der Waals surface area contributed by atoms with Crippen LogP contribution < -0.4 is 0 Å². The van der Waals surface area contributed by atoms with E-state index in [-0.39, 0.29) is 11.9 Å². The van der Waals surface area contributed by atoms with Crippen LogP contribution in [0.15, 0.2) is 53.4 Å². The number of rotatable bonds is 4. The van der Waals surface area contributed by atoms with Gasteiger partial charge >= 0.3 is 0 Å². The maximum Gasteiger partial charge on any atom is 0.233 e. The number of nitrogens with zero attached hydrogens (tertiary/aromatic N) is 2. The third-order valence-electron chi connectivity index (χ3n) is 4.34.